The lowest BCUT2D eigenvalue weighted by Crippen LogP contribution is -2.34. The zero-order valence-corrected chi connectivity index (χ0v) is 8.85. The molecule has 0 saturated heterocycles. The van der Waals surface area contributed by atoms with Gasteiger partial charge in [-0.25, -0.2) is 0 Å². The molecule has 0 bridgehead atoms. The summed E-state index contributed by atoms with van der Waals surface area (Å²) in [5.41, 5.74) is 0.208. The van der Waals surface area contributed by atoms with Crippen LogP contribution < -0.4 is 0 Å². The number of hydrogen-bond donors (Lipinski definition) is 1. The highest BCUT2D eigenvalue weighted by molar-refractivity contribution is 5.20. The van der Waals surface area contributed by atoms with E-state index < -0.39 is 11.5 Å². The summed E-state index contributed by atoms with van der Waals surface area (Å²) in [6, 6.07) is 2.25. The lowest BCUT2D eigenvalue weighted by Gasteiger charge is -2.38. The fourth-order valence-electron chi connectivity index (χ4n) is 2.02. The molecule has 15 heavy (non-hydrogen) atoms. The zero-order valence-electron chi connectivity index (χ0n) is 8.85. The second-order valence-electron chi connectivity index (χ2n) is 4.15. The zero-order chi connectivity index (χ0) is 10.9. The van der Waals surface area contributed by atoms with Crippen molar-refractivity contribution in [2.45, 2.75) is 38.8 Å². The summed E-state index contributed by atoms with van der Waals surface area (Å²) < 4.78 is 1.77. The summed E-state index contributed by atoms with van der Waals surface area (Å²) in [6.45, 7) is 2.78. The van der Waals surface area contributed by atoms with Gasteiger partial charge in [0.25, 0.3) is 0 Å². The van der Waals surface area contributed by atoms with Crippen molar-refractivity contribution in [2.24, 2.45) is 5.41 Å². The Balaban J connectivity index is 2.20. The van der Waals surface area contributed by atoms with Gasteiger partial charge < -0.3 is 5.11 Å². The Morgan fingerprint density at radius 1 is 1.73 bits per heavy atom. The molecule has 0 aliphatic heterocycles. The highest BCUT2D eigenvalue weighted by Crippen LogP contribution is 2.49. The van der Waals surface area contributed by atoms with Crippen molar-refractivity contribution in [1.82, 2.24) is 9.78 Å². The fraction of sp³-hybridized carbons (Fsp3) is 0.636. The maximum atomic E-state index is 10.1. The van der Waals surface area contributed by atoms with E-state index in [-0.39, 0.29) is 0 Å². The summed E-state index contributed by atoms with van der Waals surface area (Å²) >= 11 is 0. The first-order valence-corrected chi connectivity index (χ1v) is 5.33. The Morgan fingerprint density at radius 2 is 2.47 bits per heavy atom. The largest absolute Gasteiger partial charge is 0.387 e. The van der Waals surface area contributed by atoms with E-state index >= 15 is 0 Å². The van der Waals surface area contributed by atoms with E-state index in [1.165, 1.54) is 0 Å². The van der Waals surface area contributed by atoms with Crippen LogP contribution in [0.25, 0.3) is 0 Å². The minimum atomic E-state index is -0.684. The molecule has 0 aromatic carbocycles. The Labute approximate surface area is 89.1 Å². The molecule has 1 aliphatic carbocycles. The van der Waals surface area contributed by atoms with Crippen molar-refractivity contribution in [1.29, 1.82) is 5.26 Å². The molecule has 2 rings (SSSR count). The molecular formula is C11H15N3O. The molecule has 1 aromatic rings. The van der Waals surface area contributed by atoms with Crippen molar-refractivity contribution >= 4 is 0 Å². The molecule has 1 fully saturated rings. The van der Waals surface area contributed by atoms with Crippen LogP contribution in [-0.2, 0) is 6.54 Å². The second kappa shape index (κ2) is 3.67. The van der Waals surface area contributed by atoms with Crippen molar-refractivity contribution < 1.29 is 5.11 Å². The van der Waals surface area contributed by atoms with Crippen LogP contribution in [0, 0.1) is 16.7 Å². The monoisotopic (exact) mass is 205 g/mol. The first-order chi connectivity index (χ1) is 7.22. The van der Waals surface area contributed by atoms with Gasteiger partial charge in [0.15, 0.2) is 0 Å². The number of aliphatic hydroxyl groups excluding tert-OH is 1. The summed E-state index contributed by atoms with van der Waals surface area (Å²) in [6.07, 6.45) is 5.42. The molecule has 1 aliphatic rings. The van der Waals surface area contributed by atoms with Crippen LogP contribution in [0.4, 0.5) is 0 Å². The van der Waals surface area contributed by atoms with Gasteiger partial charge in [0.05, 0.1) is 17.7 Å². The molecule has 1 atom stereocenters. The van der Waals surface area contributed by atoms with E-state index in [0.29, 0.717) is 0 Å². The summed E-state index contributed by atoms with van der Waals surface area (Å²) in [7, 11) is 0. The van der Waals surface area contributed by atoms with Crippen LogP contribution in [0.5, 0.6) is 0 Å². The smallest absolute Gasteiger partial charge is 0.101 e. The van der Waals surface area contributed by atoms with Gasteiger partial charge in [-0.3, -0.25) is 4.68 Å². The van der Waals surface area contributed by atoms with Gasteiger partial charge in [-0.2, -0.15) is 10.4 Å². The Morgan fingerprint density at radius 3 is 2.87 bits per heavy atom. The third-order valence-corrected chi connectivity index (χ3v) is 3.28. The molecule has 4 heteroatoms. The van der Waals surface area contributed by atoms with Gasteiger partial charge >= 0.3 is 0 Å². The van der Waals surface area contributed by atoms with E-state index in [1.807, 2.05) is 13.1 Å². The van der Waals surface area contributed by atoms with Crippen LogP contribution in [0.15, 0.2) is 12.4 Å². The average molecular weight is 205 g/mol. The van der Waals surface area contributed by atoms with E-state index in [4.69, 9.17) is 5.26 Å². The van der Waals surface area contributed by atoms with Crippen molar-refractivity contribution in [3.8, 4) is 6.07 Å². The fourth-order valence-corrected chi connectivity index (χ4v) is 2.02. The summed E-state index contributed by atoms with van der Waals surface area (Å²) in [5.74, 6) is 0. The van der Waals surface area contributed by atoms with Gasteiger partial charge in [-0.05, 0) is 19.8 Å². The third kappa shape index (κ3) is 1.53. The summed E-state index contributed by atoms with van der Waals surface area (Å²) in [4.78, 5) is 0. The van der Waals surface area contributed by atoms with Crippen LogP contribution in [0.3, 0.4) is 0 Å². The topological polar surface area (TPSA) is 61.8 Å². The van der Waals surface area contributed by atoms with Gasteiger partial charge in [-0.15, -0.1) is 0 Å². The quantitative estimate of drug-likeness (QED) is 0.815. The van der Waals surface area contributed by atoms with E-state index in [0.717, 1.165) is 31.4 Å². The van der Waals surface area contributed by atoms with E-state index in [2.05, 4.69) is 11.2 Å². The number of nitriles is 1. The SMILES string of the molecule is CCn1cc(C(O)C2(C#N)CCC2)cn1. The maximum Gasteiger partial charge on any atom is 0.101 e. The maximum absolute atomic E-state index is 10.1. The van der Waals surface area contributed by atoms with Gasteiger partial charge in [0.1, 0.15) is 6.10 Å². The number of hydrogen-bond acceptors (Lipinski definition) is 3. The Kier molecular flexibility index (Phi) is 2.49. The van der Waals surface area contributed by atoms with Crippen molar-refractivity contribution in [3.05, 3.63) is 18.0 Å². The predicted molar refractivity (Wildman–Crippen MR) is 54.8 cm³/mol. The molecule has 1 heterocycles. The van der Waals surface area contributed by atoms with Crippen LogP contribution >= 0.6 is 0 Å². The molecule has 0 radical (unpaired) electrons. The van der Waals surface area contributed by atoms with Gasteiger partial charge in [-0.1, -0.05) is 6.42 Å². The first-order valence-electron chi connectivity index (χ1n) is 5.33. The van der Waals surface area contributed by atoms with Gasteiger partial charge in [0.2, 0.25) is 0 Å². The van der Waals surface area contributed by atoms with Crippen LogP contribution in [0.1, 0.15) is 37.9 Å². The van der Waals surface area contributed by atoms with Crippen molar-refractivity contribution in [2.75, 3.05) is 0 Å². The number of aromatic nitrogens is 2. The van der Waals surface area contributed by atoms with Crippen molar-refractivity contribution in [3.63, 3.8) is 0 Å². The third-order valence-electron chi connectivity index (χ3n) is 3.28. The molecule has 1 aromatic heterocycles. The minimum Gasteiger partial charge on any atom is -0.387 e. The summed E-state index contributed by atoms with van der Waals surface area (Å²) in [5, 5.41) is 23.3. The lowest BCUT2D eigenvalue weighted by atomic mass is 9.65. The number of rotatable bonds is 3. The Hall–Kier alpha value is -1.34. The minimum absolute atomic E-state index is 0.554. The van der Waals surface area contributed by atoms with E-state index in [9.17, 15) is 5.11 Å². The average Bonchev–Trinajstić information content (AvgIpc) is 2.64. The highest BCUT2D eigenvalue weighted by Gasteiger charge is 2.45. The predicted octanol–water partition coefficient (Wildman–Crippen LogP) is 1.63. The molecule has 4 nitrogen and oxygen atoms in total. The van der Waals surface area contributed by atoms with Crippen LogP contribution in [0.2, 0.25) is 0 Å². The van der Waals surface area contributed by atoms with Crippen LogP contribution in [-0.4, -0.2) is 14.9 Å². The normalized spacial score (nSPS) is 20.3. The molecule has 1 N–H and O–H groups in total. The Bertz CT molecular complexity index is 387. The first kappa shape index (κ1) is 10.2. The molecular weight excluding hydrogens is 190 g/mol. The number of aliphatic hydroxyl groups is 1. The number of aryl methyl sites for hydroxylation is 1. The molecule has 1 unspecified atom stereocenters. The molecule has 0 amide bonds. The molecule has 1 saturated carbocycles. The van der Waals surface area contributed by atoms with Gasteiger partial charge in [0, 0.05) is 18.3 Å². The number of nitrogens with zero attached hydrogens (tertiary/aromatic N) is 3. The standard InChI is InChI=1S/C11H15N3O/c1-2-14-7-9(6-13-14)10(15)11(8-12)4-3-5-11/h6-7,10,15H,2-5H2,1H3. The molecule has 80 valence electrons. The van der Waals surface area contributed by atoms with E-state index in [1.54, 1.807) is 10.9 Å². The lowest BCUT2D eigenvalue weighted by molar-refractivity contribution is 0.00789. The molecule has 0 spiro atoms. The highest BCUT2D eigenvalue weighted by atomic mass is 16.3. The second-order valence-corrected chi connectivity index (χ2v) is 4.15.